The number of anilines is 1. The van der Waals surface area contributed by atoms with Crippen molar-refractivity contribution in [3.63, 3.8) is 0 Å². The molecule has 0 fully saturated rings. The van der Waals surface area contributed by atoms with Crippen molar-refractivity contribution in [2.24, 2.45) is 12.8 Å². The van der Waals surface area contributed by atoms with Gasteiger partial charge in [0.05, 0.1) is 12.8 Å². The molecule has 2 aromatic heterocycles. The first kappa shape index (κ1) is 16.8. The normalized spacial score (nSPS) is 10.7. The van der Waals surface area contributed by atoms with E-state index in [1.807, 2.05) is 0 Å². The van der Waals surface area contributed by atoms with Gasteiger partial charge in [-0.15, -0.1) is 0 Å². The van der Waals surface area contributed by atoms with E-state index < -0.39 is 5.91 Å². The Morgan fingerprint density at radius 2 is 1.92 bits per heavy atom. The van der Waals surface area contributed by atoms with Crippen LogP contribution in [0.3, 0.4) is 0 Å². The highest BCUT2D eigenvalue weighted by atomic mass is 35.5. The largest absolute Gasteiger partial charge is 0.497 e. The van der Waals surface area contributed by atoms with E-state index in [9.17, 15) is 4.79 Å². The SMILES string of the molecule is COc1ccc(Cl)c(-c2ccc(-c3cc(C(N)=O)n(C)n3)nc2N)c1. The molecular formula is C17H16ClN5O2. The first-order chi connectivity index (χ1) is 11.9. The molecule has 2 heterocycles. The number of rotatable bonds is 4. The Morgan fingerprint density at radius 1 is 1.16 bits per heavy atom. The molecule has 0 radical (unpaired) electrons. The van der Waals surface area contributed by atoms with E-state index in [1.165, 1.54) is 4.68 Å². The highest BCUT2D eigenvalue weighted by Crippen LogP contribution is 2.35. The van der Waals surface area contributed by atoms with Crippen molar-refractivity contribution >= 4 is 23.3 Å². The van der Waals surface area contributed by atoms with Gasteiger partial charge in [-0.1, -0.05) is 11.6 Å². The average Bonchev–Trinajstić information content (AvgIpc) is 2.98. The summed E-state index contributed by atoms with van der Waals surface area (Å²) in [5, 5.41) is 4.78. The van der Waals surface area contributed by atoms with Gasteiger partial charge in [0.2, 0.25) is 0 Å². The van der Waals surface area contributed by atoms with Crippen LogP contribution in [0.1, 0.15) is 10.5 Å². The van der Waals surface area contributed by atoms with E-state index in [0.717, 1.165) is 5.56 Å². The molecule has 4 N–H and O–H groups in total. The fourth-order valence-corrected chi connectivity index (χ4v) is 2.73. The number of nitrogen functional groups attached to an aromatic ring is 1. The van der Waals surface area contributed by atoms with Gasteiger partial charge in [0.25, 0.3) is 5.91 Å². The van der Waals surface area contributed by atoms with E-state index >= 15 is 0 Å². The van der Waals surface area contributed by atoms with Gasteiger partial charge >= 0.3 is 0 Å². The number of methoxy groups -OCH3 is 1. The third kappa shape index (κ3) is 3.14. The van der Waals surface area contributed by atoms with E-state index in [1.54, 1.807) is 50.6 Å². The Balaban J connectivity index is 2.05. The molecule has 0 atom stereocenters. The lowest BCUT2D eigenvalue weighted by atomic mass is 10.1. The van der Waals surface area contributed by atoms with E-state index in [0.29, 0.717) is 33.5 Å². The average molecular weight is 358 g/mol. The number of ether oxygens (including phenoxy) is 1. The first-order valence-corrected chi connectivity index (χ1v) is 7.73. The predicted molar refractivity (Wildman–Crippen MR) is 96.4 cm³/mol. The number of nitrogens with zero attached hydrogens (tertiary/aromatic N) is 3. The van der Waals surface area contributed by atoms with Crippen LogP contribution in [0, 0.1) is 0 Å². The zero-order valence-electron chi connectivity index (χ0n) is 13.7. The minimum absolute atomic E-state index is 0.287. The van der Waals surface area contributed by atoms with Gasteiger partial charge < -0.3 is 16.2 Å². The summed E-state index contributed by atoms with van der Waals surface area (Å²) in [6.07, 6.45) is 0. The molecular weight excluding hydrogens is 342 g/mol. The van der Waals surface area contributed by atoms with Crippen LogP contribution >= 0.6 is 11.6 Å². The molecule has 0 saturated carbocycles. The molecule has 0 unspecified atom stereocenters. The molecule has 7 nitrogen and oxygen atoms in total. The van der Waals surface area contributed by atoms with Gasteiger partial charge in [-0.2, -0.15) is 5.10 Å². The molecule has 0 aliphatic rings. The summed E-state index contributed by atoms with van der Waals surface area (Å²) in [5.74, 6) is 0.395. The van der Waals surface area contributed by atoms with Crippen LogP contribution in [-0.2, 0) is 7.05 Å². The van der Waals surface area contributed by atoms with Crippen LogP contribution in [0.5, 0.6) is 5.75 Å². The lowest BCUT2D eigenvalue weighted by Gasteiger charge is -2.10. The molecule has 0 spiro atoms. The molecule has 8 heteroatoms. The fourth-order valence-electron chi connectivity index (χ4n) is 2.51. The monoisotopic (exact) mass is 357 g/mol. The van der Waals surface area contributed by atoms with Gasteiger partial charge in [-0.3, -0.25) is 9.48 Å². The molecule has 1 aromatic carbocycles. The predicted octanol–water partition coefficient (Wildman–Crippen LogP) is 2.49. The van der Waals surface area contributed by atoms with E-state index in [-0.39, 0.29) is 5.69 Å². The number of hydrogen-bond acceptors (Lipinski definition) is 5. The molecule has 25 heavy (non-hydrogen) atoms. The van der Waals surface area contributed by atoms with Gasteiger partial charge in [0.1, 0.15) is 23.0 Å². The van der Waals surface area contributed by atoms with Gasteiger partial charge in [-0.05, 0) is 36.4 Å². The topological polar surface area (TPSA) is 109 Å². The Kier molecular flexibility index (Phi) is 4.33. The second kappa shape index (κ2) is 6.45. The molecule has 3 aromatic rings. The number of nitrogens with two attached hydrogens (primary N) is 2. The van der Waals surface area contributed by atoms with Crippen molar-refractivity contribution in [1.29, 1.82) is 0 Å². The minimum atomic E-state index is -0.561. The van der Waals surface area contributed by atoms with Crippen LogP contribution in [0.15, 0.2) is 36.4 Å². The number of benzene rings is 1. The smallest absolute Gasteiger partial charge is 0.266 e. The Bertz CT molecular complexity index is 968. The van der Waals surface area contributed by atoms with Crippen molar-refractivity contribution in [2.45, 2.75) is 0 Å². The maximum atomic E-state index is 11.4. The summed E-state index contributed by atoms with van der Waals surface area (Å²) in [5.41, 5.74) is 14.1. The maximum Gasteiger partial charge on any atom is 0.266 e. The summed E-state index contributed by atoms with van der Waals surface area (Å²) in [6.45, 7) is 0. The second-order valence-corrected chi connectivity index (χ2v) is 5.78. The van der Waals surface area contributed by atoms with Crippen molar-refractivity contribution < 1.29 is 9.53 Å². The van der Waals surface area contributed by atoms with Crippen LogP contribution in [-0.4, -0.2) is 27.8 Å². The number of primary amides is 1. The number of halogens is 1. The highest BCUT2D eigenvalue weighted by molar-refractivity contribution is 6.33. The number of hydrogen-bond donors (Lipinski definition) is 2. The number of aryl methyl sites for hydroxylation is 1. The number of carbonyl (C=O) groups is 1. The number of amides is 1. The van der Waals surface area contributed by atoms with Gasteiger partial charge in [0, 0.05) is 23.2 Å². The van der Waals surface area contributed by atoms with Crippen LogP contribution < -0.4 is 16.2 Å². The maximum absolute atomic E-state index is 11.4. The zero-order valence-corrected chi connectivity index (χ0v) is 14.4. The summed E-state index contributed by atoms with van der Waals surface area (Å²) in [7, 11) is 3.21. The van der Waals surface area contributed by atoms with Crippen LogP contribution in [0.2, 0.25) is 5.02 Å². The third-order valence-electron chi connectivity index (χ3n) is 3.78. The van der Waals surface area contributed by atoms with Crippen molar-refractivity contribution in [2.75, 3.05) is 12.8 Å². The van der Waals surface area contributed by atoms with Crippen molar-refractivity contribution in [3.05, 3.63) is 47.1 Å². The molecule has 3 rings (SSSR count). The molecule has 0 aliphatic heterocycles. The zero-order chi connectivity index (χ0) is 18.1. The Labute approximate surface area is 149 Å². The standard InChI is InChI=1S/C17H16ClN5O2/c1-23-15(17(20)24)8-14(22-23)13-6-4-10(16(19)21-13)11-7-9(25-2)3-5-12(11)18/h3-8H,1-2H3,(H2,19,21)(H2,20,24). The minimum Gasteiger partial charge on any atom is -0.497 e. The highest BCUT2D eigenvalue weighted by Gasteiger charge is 2.15. The number of carbonyl (C=O) groups excluding carboxylic acids is 1. The molecule has 0 saturated heterocycles. The van der Waals surface area contributed by atoms with Crippen molar-refractivity contribution in [1.82, 2.24) is 14.8 Å². The number of aromatic nitrogens is 3. The third-order valence-corrected chi connectivity index (χ3v) is 4.11. The fraction of sp³-hybridized carbons (Fsp3) is 0.118. The molecule has 0 aliphatic carbocycles. The Hall–Kier alpha value is -3.06. The summed E-state index contributed by atoms with van der Waals surface area (Å²) >= 11 is 6.27. The van der Waals surface area contributed by atoms with E-state index in [2.05, 4.69) is 10.1 Å². The molecule has 0 bridgehead atoms. The Morgan fingerprint density at radius 3 is 2.52 bits per heavy atom. The quantitative estimate of drug-likeness (QED) is 0.745. The number of pyridine rings is 1. The lowest BCUT2D eigenvalue weighted by molar-refractivity contribution is 0.0991. The van der Waals surface area contributed by atoms with Crippen molar-refractivity contribution in [3.8, 4) is 28.3 Å². The summed E-state index contributed by atoms with van der Waals surface area (Å²) in [4.78, 5) is 15.7. The summed E-state index contributed by atoms with van der Waals surface area (Å²) < 4.78 is 6.63. The first-order valence-electron chi connectivity index (χ1n) is 7.35. The van der Waals surface area contributed by atoms with Crippen LogP contribution in [0.4, 0.5) is 5.82 Å². The van der Waals surface area contributed by atoms with Gasteiger partial charge in [0.15, 0.2) is 0 Å². The van der Waals surface area contributed by atoms with E-state index in [4.69, 9.17) is 27.8 Å². The summed E-state index contributed by atoms with van der Waals surface area (Å²) in [6, 6.07) is 10.4. The second-order valence-electron chi connectivity index (χ2n) is 5.38. The lowest BCUT2D eigenvalue weighted by Crippen LogP contribution is -2.15. The molecule has 128 valence electrons. The van der Waals surface area contributed by atoms with Gasteiger partial charge in [-0.25, -0.2) is 4.98 Å². The van der Waals surface area contributed by atoms with Crippen LogP contribution in [0.25, 0.3) is 22.5 Å². The molecule has 1 amide bonds.